The lowest BCUT2D eigenvalue weighted by Gasteiger charge is -2.36. The molecule has 0 saturated carbocycles. The maximum atomic E-state index is 12.6. The standard InChI is InChI=1S/C23H25ClN2O3S2/c1-17(18-5-3-2-4-6-18)26-12-9-19(10-13-26)29-22-8-7-20(15-21(22)24)31(27,28)16-23-25-11-14-30-23/h2-8,11,14-15,17,19H,9-10,12-13,16H2,1H3/t17-/m0/s1. The van der Waals surface area contributed by atoms with Gasteiger partial charge < -0.3 is 4.74 Å². The second kappa shape index (κ2) is 9.69. The van der Waals surface area contributed by atoms with Crippen LogP contribution in [0.2, 0.25) is 5.02 Å². The van der Waals surface area contributed by atoms with Crippen molar-refractivity contribution in [1.29, 1.82) is 0 Å². The van der Waals surface area contributed by atoms with Gasteiger partial charge in [0, 0.05) is 30.7 Å². The predicted octanol–water partition coefficient (Wildman–Crippen LogP) is 5.37. The molecule has 0 spiro atoms. The molecular formula is C23H25ClN2O3S2. The van der Waals surface area contributed by atoms with Crippen LogP contribution in [0.1, 0.15) is 36.4 Å². The fourth-order valence-electron chi connectivity index (χ4n) is 3.84. The van der Waals surface area contributed by atoms with Crippen LogP contribution in [0.15, 0.2) is 65.0 Å². The van der Waals surface area contributed by atoms with Gasteiger partial charge in [-0.15, -0.1) is 11.3 Å². The van der Waals surface area contributed by atoms with E-state index in [1.807, 2.05) is 6.07 Å². The van der Waals surface area contributed by atoms with Gasteiger partial charge in [-0.25, -0.2) is 13.4 Å². The average molecular weight is 477 g/mol. The number of likely N-dealkylation sites (tertiary alicyclic amines) is 1. The smallest absolute Gasteiger partial charge is 0.184 e. The van der Waals surface area contributed by atoms with Gasteiger partial charge in [-0.3, -0.25) is 4.90 Å². The minimum Gasteiger partial charge on any atom is -0.489 e. The molecule has 0 aliphatic carbocycles. The van der Waals surface area contributed by atoms with Gasteiger partial charge in [0.05, 0.1) is 9.92 Å². The number of benzene rings is 2. The SMILES string of the molecule is C[C@@H](c1ccccc1)N1CCC(Oc2ccc(S(=O)(=O)Cc3nccs3)cc2Cl)CC1. The van der Waals surface area contributed by atoms with Crippen LogP contribution < -0.4 is 4.74 Å². The molecule has 164 valence electrons. The molecular weight excluding hydrogens is 452 g/mol. The third kappa shape index (κ3) is 5.47. The Kier molecular flexibility index (Phi) is 6.96. The Hall–Kier alpha value is -1.93. The quantitative estimate of drug-likeness (QED) is 0.458. The van der Waals surface area contributed by atoms with Crippen LogP contribution in [-0.2, 0) is 15.6 Å². The van der Waals surface area contributed by atoms with Crippen molar-refractivity contribution in [3.63, 3.8) is 0 Å². The minimum absolute atomic E-state index is 0.0644. The Balaban J connectivity index is 1.36. The fourth-order valence-corrected chi connectivity index (χ4v) is 6.41. The summed E-state index contributed by atoms with van der Waals surface area (Å²) in [6.07, 6.45) is 3.47. The Bertz CT molecular complexity index is 1100. The highest BCUT2D eigenvalue weighted by Crippen LogP contribution is 2.32. The van der Waals surface area contributed by atoms with Gasteiger partial charge in [0.2, 0.25) is 0 Å². The maximum absolute atomic E-state index is 12.6. The van der Waals surface area contributed by atoms with Crippen molar-refractivity contribution < 1.29 is 13.2 Å². The Morgan fingerprint density at radius 2 is 1.94 bits per heavy atom. The van der Waals surface area contributed by atoms with Crippen molar-refractivity contribution in [2.24, 2.45) is 0 Å². The van der Waals surface area contributed by atoms with E-state index in [-0.39, 0.29) is 16.8 Å². The number of thiazole rings is 1. The molecule has 1 aromatic heterocycles. The molecule has 1 aliphatic rings. The number of hydrogen-bond acceptors (Lipinski definition) is 6. The second-order valence-electron chi connectivity index (χ2n) is 7.72. The van der Waals surface area contributed by atoms with Crippen LogP contribution in [0, 0.1) is 0 Å². The Labute approximate surface area is 192 Å². The van der Waals surface area contributed by atoms with Gasteiger partial charge in [-0.1, -0.05) is 41.9 Å². The highest BCUT2D eigenvalue weighted by Gasteiger charge is 2.25. The van der Waals surface area contributed by atoms with Crippen LogP contribution in [0.3, 0.4) is 0 Å². The normalized spacial score (nSPS) is 16.8. The summed E-state index contributed by atoms with van der Waals surface area (Å²) in [4.78, 5) is 6.71. The van der Waals surface area contributed by atoms with Crippen LogP contribution in [0.4, 0.5) is 0 Å². The van der Waals surface area contributed by atoms with Gasteiger partial charge in [0.15, 0.2) is 9.84 Å². The number of ether oxygens (including phenoxy) is 1. The van der Waals surface area contributed by atoms with Crippen LogP contribution >= 0.6 is 22.9 Å². The summed E-state index contributed by atoms with van der Waals surface area (Å²) in [5.74, 6) is 0.406. The number of rotatable bonds is 7. The molecule has 1 atom stereocenters. The first-order chi connectivity index (χ1) is 14.9. The van der Waals surface area contributed by atoms with E-state index in [0.717, 1.165) is 25.9 Å². The molecule has 0 amide bonds. The summed E-state index contributed by atoms with van der Waals surface area (Å²) in [6, 6.07) is 15.6. The van der Waals surface area contributed by atoms with Crippen molar-refractivity contribution >= 4 is 32.8 Å². The Morgan fingerprint density at radius 3 is 2.58 bits per heavy atom. The summed E-state index contributed by atoms with van der Waals surface area (Å²) in [5.41, 5.74) is 1.32. The van der Waals surface area contributed by atoms with Gasteiger partial charge in [-0.2, -0.15) is 0 Å². The van der Waals surface area contributed by atoms with Crippen molar-refractivity contribution in [3.05, 3.63) is 75.7 Å². The molecule has 3 aromatic rings. The molecule has 2 heterocycles. The molecule has 31 heavy (non-hydrogen) atoms. The third-order valence-electron chi connectivity index (χ3n) is 5.66. The molecule has 5 nitrogen and oxygen atoms in total. The van der Waals surface area contributed by atoms with Crippen LogP contribution in [0.25, 0.3) is 0 Å². The minimum atomic E-state index is -3.50. The summed E-state index contributed by atoms with van der Waals surface area (Å²) in [7, 11) is -3.50. The number of sulfone groups is 1. The summed E-state index contributed by atoms with van der Waals surface area (Å²) in [5, 5.41) is 2.65. The van der Waals surface area contributed by atoms with Crippen molar-refractivity contribution in [1.82, 2.24) is 9.88 Å². The molecule has 0 radical (unpaired) electrons. The lowest BCUT2D eigenvalue weighted by atomic mass is 10.0. The van der Waals surface area contributed by atoms with Crippen LogP contribution in [0.5, 0.6) is 5.75 Å². The molecule has 2 aromatic carbocycles. The predicted molar refractivity (Wildman–Crippen MR) is 125 cm³/mol. The van der Waals surface area contributed by atoms with Gasteiger partial charge in [0.25, 0.3) is 0 Å². The highest BCUT2D eigenvalue weighted by molar-refractivity contribution is 7.90. The highest BCUT2D eigenvalue weighted by atomic mass is 35.5. The monoisotopic (exact) mass is 476 g/mol. The van der Waals surface area contributed by atoms with E-state index in [2.05, 4.69) is 41.1 Å². The number of piperidine rings is 1. The molecule has 0 bridgehead atoms. The summed E-state index contributed by atoms with van der Waals surface area (Å²) >= 11 is 7.71. The molecule has 1 aliphatic heterocycles. The zero-order chi connectivity index (χ0) is 21.8. The fraction of sp³-hybridized carbons (Fsp3) is 0.348. The number of nitrogens with zero attached hydrogens (tertiary/aromatic N) is 2. The molecule has 8 heteroatoms. The molecule has 1 fully saturated rings. The van der Waals surface area contributed by atoms with Gasteiger partial charge in [-0.05, 0) is 43.5 Å². The van der Waals surface area contributed by atoms with E-state index in [9.17, 15) is 8.42 Å². The van der Waals surface area contributed by atoms with E-state index in [1.54, 1.807) is 23.7 Å². The molecule has 0 N–H and O–H groups in total. The number of halogens is 1. The zero-order valence-electron chi connectivity index (χ0n) is 17.3. The first kappa shape index (κ1) is 22.3. The van der Waals surface area contributed by atoms with E-state index in [4.69, 9.17) is 16.3 Å². The largest absolute Gasteiger partial charge is 0.489 e. The lowest BCUT2D eigenvalue weighted by Crippen LogP contribution is -2.39. The van der Waals surface area contributed by atoms with E-state index >= 15 is 0 Å². The van der Waals surface area contributed by atoms with Crippen LogP contribution in [-0.4, -0.2) is 37.5 Å². The molecule has 1 saturated heterocycles. The van der Waals surface area contributed by atoms with Crippen molar-refractivity contribution in [2.45, 2.75) is 42.6 Å². The van der Waals surface area contributed by atoms with E-state index < -0.39 is 9.84 Å². The van der Waals surface area contributed by atoms with Crippen molar-refractivity contribution in [2.75, 3.05) is 13.1 Å². The van der Waals surface area contributed by atoms with Crippen molar-refractivity contribution in [3.8, 4) is 5.75 Å². The van der Waals surface area contributed by atoms with Gasteiger partial charge >= 0.3 is 0 Å². The maximum Gasteiger partial charge on any atom is 0.184 e. The topological polar surface area (TPSA) is 59.5 Å². The first-order valence-corrected chi connectivity index (χ1v) is 13.2. The van der Waals surface area contributed by atoms with E-state index in [0.29, 0.717) is 21.8 Å². The number of hydrogen-bond donors (Lipinski definition) is 0. The first-order valence-electron chi connectivity index (χ1n) is 10.3. The third-order valence-corrected chi connectivity index (χ3v) is 8.54. The Morgan fingerprint density at radius 1 is 1.19 bits per heavy atom. The summed E-state index contributed by atoms with van der Waals surface area (Å²) in [6.45, 7) is 4.12. The van der Waals surface area contributed by atoms with Gasteiger partial charge in [0.1, 0.15) is 22.6 Å². The molecule has 4 rings (SSSR count). The zero-order valence-corrected chi connectivity index (χ0v) is 19.7. The number of aromatic nitrogens is 1. The lowest BCUT2D eigenvalue weighted by molar-refractivity contribution is 0.0797. The van der Waals surface area contributed by atoms with E-state index in [1.165, 1.54) is 23.0 Å². The second-order valence-corrected chi connectivity index (χ2v) is 11.1. The summed E-state index contributed by atoms with van der Waals surface area (Å²) < 4.78 is 31.4. The molecule has 0 unspecified atom stereocenters. The average Bonchev–Trinajstić information content (AvgIpc) is 3.28.